The second kappa shape index (κ2) is 25.1. The average molecular weight is 1630 g/mol. The summed E-state index contributed by atoms with van der Waals surface area (Å²) in [7, 11) is -67.6. The first-order valence-corrected chi connectivity index (χ1v) is 41.0. The summed E-state index contributed by atoms with van der Waals surface area (Å²) in [5.41, 5.74) is 0. The van der Waals surface area contributed by atoms with Gasteiger partial charge in [-0.25, -0.2) is 14.4 Å². The topological polar surface area (TPSA) is 710 Å². The van der Waals surface area contributed by atoms with Gasteiger partial charge in [-0.05, 0) is 27.7 Å². The molecule has 48 nitrogen and oxygen atoms in total. The van der Waals surface area contributed by atoms with Crippen LogP contribution in [0.2, 0.25) is 0 Å². The molecule has 0 aromatic carbocycles. The van der Waals surface area contributed by atoms with Crippen molar-refractivity contribution in [1.29, 1.82) is 0 Å². The van der Waals surface area contributed by atoms with Gasteiger partial charge in [0, 0.05) is 0 Å². The molecule has 7 fully saturated rings. The SMILES string of the molecule is CC1(C)S(=O)(=O)OC(=O)OS1(=O)=O.CC1(C)S(=O)(=O)OS(=O)OS1(=O)=O.O=C1OS(=O)(=O)C(F)(F)S(=O)(=O)O1.O=C1OS(=O)(=O)CS(=O)(=O)O1.O=S1(=O)CS(=O)(=O)OC(F)(F)O1.O=S1OS(=O)(=O)C(F)(F)S(=O)(=O)O1.O=S1OS(=O)(=O)CS(=O)(=O)O1. The minimum Gasteiger partial charge on any atom is -0.310 e. The molecule has 0 atom stereocenters. The fourth-order valence-corrected chi connectivity index (χ4v) is 23.8. The molecule has 0 saturated carbocycles. The van der Waals surface area contributed by atoms with Crippen LogP contribution in [0.15, 0.2) is 0 Å². The van der Waals surface area contributed by atoms with Crippen LogP contribution in [-0.2, 0) is 231 Å². The Kier molecular flexibility index (Phi) is 23.6. The largest absolute Gasteiger partial charge is 0.540 e. The second-order valence-corrected chi connectivity index (χ2v) is 43.7. The normalized spacial score (nSPS) is 29.7. The van der Waals surface area contributed by atoms with Gasteiger partial charge in [-0.1, -0.05) is 0 Å². The van der Waals surface area contributed by atoms with Crippen molar-refractivity contribution in [1.82, 2.24) is 0 Å². The number of hydrogen-bond donors (Lipinski definition) is 0. The number of hydrogen-bond acceptors (Lipinski definition) is 48. The van der Waals surface area contributed by atoms with Crippen molar-refractivity contribution in [3.8, 4) is 0 Å². The molecule has 7 saturated heterocycles. The first-order chi connectivity index (χ1) is 37.1. The molecule has 0 radical (unpaired) electrons. The van der Waals surface area contributed by atoms with Crippen molar-refractivity contribution in [3.05, 3.63) is 0 Å². The van der Waals surface area contributed by atoms with Gasteiger partial charge in [-0.3, -0.25) is 0 Å². The van der Waals surface area contributed by atoms with Crippen LogP contribution in [0.3, 0.4) is 0 Å². The van der Waals surface area contributed by atoms with Gasteiger partial charge in [0.05, 0.1) is 0 Å². The average Bonchev–Trinajstić information content (AvgIpc) is 3.13. The molecule has 0 bridgehead atoms. The Bertz CT molecular complexity index is 3840. The molecule has 71 heteroatoms. The van der Waals surface area contributed by atoms with Crippen LogP contribution in [0.25, 0.3) is 0 Å². The number of carbonyl (C=O) groups is 3. The van der Waals surface area contributed by atoms with Gasteiger partial charge in [0.1, 0.15) is 0 Å². The van der Waals surface area contributed by atoms with E-state index in [2.05, 4.69) is 55.2 Å². The quantitative estimate of drug-likeness (QED) is 0.161. The van der Waals surface area contributed by atoms with Crippen LogP contribution in [0, 0.1) is 0 Å². The van der Waals surface area contributed by atoms with E-state index in [1.54, 1.807) is 0 Å². The highest BCUT2D eigenvalue weighted by Gasteiger charge is 2.68. The lowest BCUT2D eigenvalue weighted by atomic mass is 10.5. The van der Waals surface area contributed by atoms with Gasteiger partial charge in [-0.15, -0.1) is 30.6 Å². The van der Waals surface area contributed by atoms with E-state index in [1.807, 2.05) is 0 Å². The Hall–Kier alpha value is -3.18. The van der Waals surface area contributed by atoms with Gasteiger partial charge < -0.3 is 25.1 Å². The Labute approximate surface area is 483 Å². The molecule has 0 N–H and O–H groups in total. The fourth-order valence-electron chi connectivity index (χ4n) is 3.12. The zero-order chi connectivity index (χ0) is 69.0. The van der Waals surface area contributed by atoms with Crippen LogP contribution in [-0.4, -0.2) is 188 Å². The van der Waals surface area contributed by atoms with Crippen molar-refractivity contribution in [2.24, 2.45) is 0 Å². The molecular formula is C15H18F6O48S17. The lowest BCUT2D eigenvalue weighted by Gasteiger charge is -2.25. The Balaban J connectivity index is 0.000000502. The summed E-state index contributed by atoms with van der Waals surface area (Å²) in [5.74, 6) is 0. The molecule has 86 heavy (non-hydrogen) atoms. The Morgan fingerprint density at radius 3 is 0.767 bits per heavy atom. The van der Waals surface area contributed by atoms with Crippen LogP contribution in [0.1, 0.15) is 27.7 Å². The molecule has 7 aliphatic heterocycles. The molecule has 510 valence electrons. The van der Waals surface area contributed by atoms with E-state index in [1.165, 1.54) is 0 Å². The minimum atomic E-state index is -5.81. The highest BCUT2D eigenvalue weighted by molar-refractivity contribution is 8.15. The van der Waals surface area contributed by atoms with Gasteiger partial charge in [0.2, 0.25) is 23.4 Å². The summed E-state index contributed by atoms with van der Waals surface area (Å²) in [4.78, 5) is 30.5. The third-order valence-corrected chi connectivity index (χ3v) is 36.1. The van der Waals surface area contributed by atoms with Crippen LogP contribution < -0.4 is 0 Å². The molecule has 7 aliphatic rings. The Morgan fingerprint density at radius 1 is 0.291 bits per heavy atom. The highest BCUT2D eigenvalue weighted by atomic mass is 32.4. The van der Waals surface area contributed by atoms with E-state index >= 15 is 0 Å². The molecule has 0 aromatic rings. The van der Waals surface area contributed by atoms with E-state index in [0.717, 1.165) is 27.7 Å². The summed E-state index contributed by atoms with van der Waals surface area (Å²) in [6, 6.07) is 0. The van der Waals surface area contributed by atoms with E-state index in [9.17, 15) is 171 Å². The van der Waals surface area contributed by atoms with Crippen molar-refractivity contribution in [3.63, 3.8) is 0 Å². The fraction of sp³-hybridized carbons (Fsp3) is 0.800. The predicted octanol–water partition coefficient (Wildman–Crippen LogP) is -7.06. The number of halogens is 6. The third-order valence-electron chi connectivity index (χ3n) is 6.89. The minimum absolute atomic E-state index is 0.865. The molecule has 0 spiro atoms. The molecular weight excluding hydrogens is 1610 g/mol. The van der Waals surface area contributed by atoms with Gasteiger partial charge in [0.15, 0.2) is 0 Å². The smallest absolute Gasteiger partial charge is 0.310 e. The summed E-state index contributed by atoms with van der Waals surface area (Å²) in [5, 5.41) is -4.23. The molecule has 0 amide bonds. The van der Waals surface area contributed by atoms with Crippen molar-refractivity contribution < 1.29 is 226 Å². The predicted molar refractivity (Wildman–Crippen MR) is 238 cm³/mol. The maximum absolute atomic E-state index is 12.4. The summed E-state index contributed by atoms with van der Waals surface area (Å²) in [6.45, 7) is 3.50. The van der Waals surface area contributed by atoms with Crippen LogP contribution >= 0.6 is 0 Å². The Morgan fingerprint density at radius 2 is 0.500 bits per heavy atom. The van der Waals surface area contributed by atoms with E-state index in [-0.39, 0.29) is 0 Å². The lowest BCUT2D eigenvalue weighted by Crippen LogP contribution is -2.48. The maximum atomic E-state index is 12.4. The molecule has 0 unspecified atom stereocenters. The first kappa shape index (κ1) is 80.8. The zero-order valence-electron chi connectivity index (χ0n) is 38.9. The number of rotatable bonds is 0. The van der Waals surface area contributed by atoms with Crippen molar-refractivity contribution >= 4 is 194 Å². The molecule has 0 aromatic heterocycles. The third kappa shape index (κ3) is 20.4. The maximum Gasteiger partial charge on any atom is 0.540 e. The monoisotopic (exact) mass is 1620 g/mol. The van der Waals surface area contributed by atoms with Crippen molar-refractivity contribution in [2.45, 2.75) is 51.3 Å². The van der Waals surface area contributed by atoms with Gasteiger partial charge in [0.25, 0.3) is 40.5 Å². The summed E-state index contributed by atoms with van der Waals surface area (Å²) >= 11 is -8.84. The van der Waals surface area contributed by atoms with E-state index < -0.39 is 233 Å². The van der Waals surface area contributed by atoms with E-state index in [0.29, 0.717) is 0 Å². The summed E-state index contributed by atoms with van der Waals surface area (Å²) in [6.07, 6.45) is -10.3. The van der Waals surface area contributed by atoms with Crippen molar-refractivity contribution in [2.75, 3.05) is 15.3 Å². The zero-order valence-corrected chi connectivity index (χ0v) is 52.8. The number of alkyl halides is 6. The number of carbonyl (C=O) groups excluding carboxylic acids is 3. The standard InChI is InChI=1S/C4H6O7S2.C3H6O7S3.C2F2O7S2.C2H2F2O6S2.C2H2O7S2.CF2O7S3.CH2O7S3/c1-4(2)12(6,7)10-3(5)11-13(4,8)9;1-3(2)12(5,6)9-11(4)10-13(3,7)8;3-2(4)12(6,7)10-1(5)11-13(2,8)9;3-2(4)9-11(5,6)1-12(7,8)10-2;3-2-8-10(4,5)1-11(6,7)9-2;2-1(3)12(5,6)9-11(4)10-13(1,7)8;2-9-7-10(3,4)1-11(5,6)8-9/h2*1-2H3;;1H2;1H2;;1H2. The van der Waals surface area contributed by atoms with Crippen LogP contribution in [0.4, 0.5) is 40.7 Å². The van der Waals surface area contributed by atoms with E-state index in [4.69, 9.17) is 0 Å². The molecule has 7 rings (SSSR count). The first-order valence-electron chi connectivity index (χ1n) is 17.2. The lowest BCUT2D eigenvalue weighted by molar-refractivity contribution is -0.306. The van der Waals surface area contributed by atoms with Crippen LogP contribution in [0.5, 0.6) is 0 Å². The summed E-state index contributed by atoms with van der Waals surface area (Å²) < 4.78 is 432. The van der Waals surface area contributed by atoms with Gasteiger partial charge in [-0.2, -0.15) is 156 Å². The molecule has 0 aliphatic carbocycles. The van der Waals surface area contributed by atoms with Gasteiger partial charge >= 0.3 is 169 Å². The molecule has 7 heterocycles. The second-order valence-electron chi connectivity index (χ2n) is 14.0. The highest BCUT2D eigenvalue weighted by Crippen LogP contribution is 2.38.